The van der Waals surface area contributed by atoms with Crippen LogP contribution in [0.1, 0.15) is 0 Å². The van der Waals surface area contributed by atoms with E-state index in [0.717, 1.165) is 5.56 Å². The van der Waals surface area contributed by atoms with Crippen LogP contribution in [0.4, 0.5) is 10.2 Å². The van der Waals surface area contributed by atoms with Gasteiger partial charge in [-0.25, -0.2) is 14.4 Å². The second kappa shape index (κ2) is 5.50. The molecule has 2 N–H and O–H groups in total. The van der Waals surface area contributed by atoms with E-state index in [1.807, 2.05) is 30.3 Å². The third kappa shape index (κ3) is 2.85. The molecule has 104 valence electrons. The number of anilines is 1. The second-order valence-corrected chi connectivity index (χ2v) is 4.90. The van der Waals surface area contributed by atoms with Crippen molar-refractivity contribution in [3.8, 4) is 22.6 Å². The van der Waals surface area contributed by atoms with Crippen LogP contribution in [0, 0.1) is 5.82 Å². The smallest absolute Gasteiger partial charge is 0.162 e. The molecule has 0 atom stereocenters. The summed E-state index contributed by atoms with van der Waals surface area (Å²) in [7, 11) is 0. The summed E-state index contributed by atoms with van der Waals surface area (Å²) in [6, 6.07) is 15.7. The molecule has 0 amide bonds. The molecule has 3 aromatic rings. The lowest BCUT2D eigenvalue weighted by molar-refractivity contribution is 0.628. The number of benzene rings is 2. The van der Waals surface area contributed by atoms with Crippen LogP contribution in [0.5, 0.6) is 0 Å². The minimum atomic E-state index is -0.479. The molecule has 3 rings (SSSR count). The SMILES string of the molecule is Nc1cc(-c2ccccc2)nc(-c2ccc(F)c(Cl)c2)n1. The number of nitrogens with two attached hydrogens (primary N) is 1. The van der Waals surface area contributed by atoms with Gasteiger partial charge in [-0.3, -0.25) is 0 Å². The van der Waals surface area contributed by atoms with Crippen molar-refractivity contribution in [3.05, 3.63) is 65.4 Å². The van der Waals surface area contributed by atoms with Gasteiger partial charge >= 0.3 is 0 Å². The van der Waals surface area contributed by atoms with Gasteiger partial charge in [0.2, 0.25) is 0 Å². The first-order valence-electron chi connectivity index (χ1n) is 6.29. The first-order valence-corrected chi connectivity index (χ1v) is 6.67. The van der Waals surface area contributed by atoms with Crippen molar-refractivity contribution < 1.29 is 4.39 Å². The number of hydrogen-bond acceptors (Lipinski definition) is 3. The molecule has 0 spiro atoms. The Kier molecular flexibility index (Phi) is 3.54. The molecule has 2 aromatic carbocycles. The highest BCUT2D eigenvalue weighted by Crippen LogP contribution is 2.26. The fourth-order valence-electron chi connectivity index (χ4n) is 1.99. The zero-order chi connectivity index (χ0) is 14.8. The molecule has 0 fully saturated rings. The lowest BCUT2D eigenvalue weighted by atomic mass is 10.1. The maximum Gasteiger partial charge on any atom is 0.162 e. The maximum absolute atomic E-state index is 13.2. The van der Waals surface area contributed by atoms with E-state index in [1.54, 1.807) is 12.1 Å². The van der Waals surface area contributed by atoms with Crippen LogP contribution in [-0.4, -0.2) is 9.97 Å². The Morgan fingerprint density at radius 2 is 1.67 bits per heavy atom. The Morgan fingerprint density at radius 1 is 0.905 bits per heavy atom. The van der Waals surface area contributed by atoms with Crippen LogP contribution in [0.2, 0.25) is 5.02 Å². The molecule has 0 unspecified atom stereocenters. The Bertz CT molecular complexity index is 791. The van der Waals surface area contributed by atoms with Crippen molar-refractivity contribution >= 4 is 17.4 Å². The van der Waals surface area contributed by atoms with Gasteiger partial charge in [0.05, 0.1) is 10.7 Å². The summed E-state index contributed by atoms with van der Waals surface area (Å²) in [5, 5.41) is 0.0276. The minimum Gasteiger partial charge on any atom is -0.384 e. The highest BCUT2D eigenvalue weighted by Gasteiger charge is 2.09. The molecule has 21 heavy (non-hydrogen) atoms. The van der Waals surface area contributed by atoms with Crippen molar-refractivity contribution in [2.24, 2.45) is 0 Å². The van der Waals surface area contributed by atoms with Gasteiger partial charge in [-0.05, 0) is 18.2 Å². The van der Waals surface area contributed by atoms with E-state index in [-0.39, 0.29) is 5.02 Å². The third-order valence-corrected chi connectivity index (χ3v) is 3.28. The Labute approximate surface area is 126 Å². The lowest BCUT2D eigenvalue weighted by Gasteiger charge is -2.07. The summed E-state index contributed by atoms with van der Waals surface area (Å²) in [6.07, 6.45) is 0. The van der Waals surface area contributed by atoms with Crippen LogP contribution < -0.4 is 5.73 Å². The fraction of sp³-hybridized carbons (Fsp3) is 0. The van der Waals surface area contributed by atoms with Gasteiger partial charge in [-0.15, -0.1) is 0 Å². The molecule has 3 nitrogen and oxygen atoms in total. The molecule has 1 heterocycles. The summed E-state index contributed by atoms with van der Waals surface area (Å²) in [5.74, 6) is 0.280. The predicted molar refractivity (Wildman–Crippen MR) is 82.3 cm³/mol. The largest absolute Gasteiger partial charge is 0.384 e. The monoisotopic (exact) mass is 299 g/mol. The normalized spacial score (nSPS) is 10.6. The number of nitrogen functional groups attached to an aromatic ring is 1. The van der Waals surface area contributed by atoms with Crippen molar-refractivity contribution in [1.29, 1.82) is 0 Å². The van der Waals surface area contributed by atoms with Gasteiger partial charge < -0.3 is 5.73 Å². The molecule has 1 aromatic heterocycles. The average molecular weight is 300 g/mol. The zero-order valence-corrected chi connectivity index (χ0v) is 11.7. The summed E-state index contributed by atoms with van der Waals surface area (Å²) in [4.78, 5) is 8.66. The van der Waals surface area contributed by atoms with Crippen LogP contribution in [0.25, 0.3) is 22.6 Å². The van der Waals surface area contributed by atoms with Crippen LogP contribution >= 0.6 is 11.6 Å². The van der Waals surface area contributed by atoms with Gasteiger partial charge in [-0.1, -0.05) is 41.9 Å². The molecule has 5 heteroatoms. The molecule has 0 bridgehead atoms. The van der Waals surface area contributed by atoms with E-state index in [4.69, 9.17) is 17.3 Å². The zero-order valence-electron chi connectivity index (χ0n) is 10.9. The van der Waals surface area contributed by atoms with Crippen molar-refractivity contribution in [2.75, 3.05) is 5.73 Å². The summed E-state index contributed by atoms with van der Waals surface area (Å²) >= 11 is 5.80. The quantitative estimate of drug-likeness (QED) is 0.772. The molecule has 0 saturated carbocycles. The number of rotatable bonds is 2. The first-order chi connectivity index (χ1) is 10.1. The van der Waals surface area contributed by atoms with Crippen LogP contribution in [0.15, 0.2) is 54.6 Å². The van der Waals surface area contributed by atoms with E-state index in [1.165, 1.54) is 12.1 Å². The van der Waals surface area contributed by atoms with Gasteiger partial charge in [0, 0.05) is 17.2 Å². The van der Waals surface area contributed by atoms with E-state index >= 15 is 0 Å². The maximum atomic E-state index is 13.2. The van der Waals surface area contributed by atoms with E-state index in [9.17, 15) is 4.39 Å². The average Bonchev–Trinajstić information content (AvgIpc) is 2.50. The van der Waals surface area contributed by atoms with Crippen LogP contribution in [0.3, 0.4) is 0 Å². The first kappa shape index (κ1) is 13.5. The predicted octanol–water partition coefficient (Wildman–Crippen LogP) is 4.19. The van der Waals surface area contributed by atoms with Gasteiger partial charge in [-0.2, -0.15) is 0 Å². The van der Waals surface area contributed by atoms with Crippen LogP contribution in [-0.2, 0) is 0 Å². The minimum absolute atomic E-state index is 0.0276. The summed E-state index contributed by atoms with van der Waals surface area (Å²) in [6.45, 7) is 0. The van der Waals surface area contributed by atoms with Gasteiger partial charge in [0.1, 0.15) is 11.6 Å². The Hall–Kier alpha value is -2.46. The summed E-state index contributed by atoms with van der Waals surface area (Å²) in [5.41, 5.74) is 8.10. The second-order valence-electron chi connectivity index (χ2n) is 4.50. The number of hydrogen-bond donors (Lipinski definition) is 1. The molecule has 0 aliphatic rings. The third-order valence-electron chi connectivity index (χ3n) is 2.99. The number of nitrogens with zero attached hydrogens (tertiary/aromatic N) is 2. The van der Waals surface area contributed by atoms with Crippen molar-refractivity contribution in [3.63, 3.8) is 0 Å². The van der Waals surface area contributed by atoms with E-state index in [2.05, 4.69) is 9.97 Å². The number of aromatic nitrogens is 2. The lowest BCUT2D eigenvalue weighted by Crippen LogP contribution is -1.98. The molecule has 0 radical (unpaired) electrons. The molecule has 0 aliphatic carbocycles. The standard InChI is InChI=1S/C16H11ClFN3/c17-12-8-11(6-7-13(12)18)16-20-14(9-15(19)21-16)10-4-2-1-3-5-10/h1-9H,(H2,19,20,21). The summed E-state index contributed by atoms with van der Waals surface area (Å²) < 4.78 is 13.2. The van der Waals surface area contributed by atoms with Crippen molar-refractivity contribution in [2.45, 2.75) is 0 Å². The molecule has 0 aliphatic heterocycles. The van der Waals surface area contributed by atoms with E-state index < -0.39 is 5.82 Å². The van der Waals surface area contributed by atoms with Gasteiger partial charge in [0.15, 0.2) is 5.82 Å². The molecular formula is C16H11ClFN3. The fourth-order valence-corrected chi connectivity index (χ4v) is 2.17. The highest BCUT2D eigenvalue weighted by molar-refractivity contribution is 6.31. The number of halogens is 2. The Balaban J connectivity index is 2.11. The molecule has 0 saturated heterocycles. The Morgan fingerprint density at radius 3 is 2.38 bits per heavy atom. The highest BCUT2D eigenvalue weighted by atomic mass is 35.5. The van der Waals surface area contributed by atoms with E-state index in [0.29, 0.717) is 22.9 Å². The van der Waals surface area contributed by atoms with Crippen molar-refractivity contribution in [1.82, 2.24) is 9.97 Å². The molecular weight excluding hydrogens is 289 g/mol. The topological polar surface area (TPSA) is 51.8 Å². The van der Waals surface area contributed by atoms with Gasteiger partial charge in [0.25, 0.3) is 0 Å².